The molecule has 0 atom stereocenters. The van der Waals surface area contributed by atoms with Gasteiger partial charge in [0.25, 0.3) is 0 Å². The first-order valence-corrected chi connectivity index (χ1v) is 8.39. The van der Waals surface area contributed by atoms with E-state index in [-0.39, 0.29) is 17.1 Å². The second-order valence-electron chi connectivity index (χ2n) is 7.27. The maximum Gasteiger partial charge on any atom is 0.344 e. The van der Waals surface area contributed by atoms with Crippen LogP contribution in [0.15, 0.2) is 54.6 Å². The first kappa shape index (κ1) is 17.9. The number of esters is 1. The number of hydrogen-bond donors (Lipinski definition) is 0. The van der Waals surface area contributed by atoms with Crippen LogP contribution in [0.2, 0.25) is 0 Å². The molecule has 0 spiro atoms. The summed E-state index contributed by atoms with van der Waals surface area (Å²) in [7, 11) is 0. The van der Waals surface area contributed by atoms with Crippen molar-refractivity contribution in [2.45, 2.75) is 33.1 Å². The molecule has 134 valence electrons. The van der Waals surface area contributed by atoms with Gasteiger partial charge in [0.1, 0.15) is 5.82 Å². The zero-order valence-corrected chi connectivity index (χ0v) is 15.3. The first-order chi connectivity index (χ1) is 12.2. The molecule has 1 aromatic heterocycles. The van der Waals surface area contributed by atoms with E-state index in [1.165, 1.54) is 16.8 Å². The molecule has 0 N–H and O–H groups in total. The van der Waals surface area contributed by atoms with Crippen LogP contribution in [0.4, 0.5) is 4.39 Å². The van der Waals surface area contributed by atoms with Crippen molar-refractivity contribution >= 4 is 5.97 Å². The van der Waals surface area contributed by atoms with Crippen LogP contribution < -0.4 is 4.74 Å². The van der Waals surface area contributed by atoms with Crippen molar-refractivity contribution in [2.24, 2.45) is 0 Å². The SMILES string of the molecule is Cc1ccc(C(=O)Oc2cc(C(C)(C)C)nn2-c2cccc(F)c2)cc1. The zero-order valence-electron chi connectivity index (χ0n) is 15.3. The lowest BCUT2D eigenvalue weighted by molar-refractivity contribution is 0.0723. The second-order valence-corrected chi connectivity index (χ2v) is 7.27. The minimum Gasteiger partial charge on any atom is -0.404 e. The molecule has 0 saturated heterocycles. The summed E-state index contributed by atoms with van der Waals surface area (Å²) < 4.78 is 20.7. The van der Waals surface area contributed by atoms with Gasteiger partial charge in [-0.1, -0.05) is 44.5 Å². The van der Waals surface area contributed by atoms with Gasteiger partial charge in [0, 0.05) is 11.5 Å². The van der Waals surface area contributed by atoms with Gasteiger partial charge < -0.3 is 4.74 Å². The molecule has 3 rings (SSSR count). The van der Waals surface area contributed by atoms with E-state index >= 15 is 0 Å². The zero-order chi connectivity index (χ0) is 18.9. The standard InChI is InChI=1S/C21H21FN2O2/c1-14-8-10-15(11-9-14)20(25)26-19-13-18(21(2,3)4)23-24(19)17-7-5-6-16(22)12-17/h5-13H,1-4H3. The summed E-state index contributed by atoms with van der Waals surface area (Å²) in [5.41, 5.74) is 2.49. The summed E-state index contributed by atoms with van der Waals surface area (Å²) in [6, 6.07) is 14.9. The Bertz CT molecular complexity index is 937. The summed E-state index contributed by atoms with van der Waals surface area (Å²) in [6.07, 6.45) is 0. The molecule has 2 aromatic carbocycles. The summed E-state index contributed by atoms with van der Waals surface area (Å²) in [5.74, 6) is -0.611. The predicted molar refractivity (Wildman–Crippen MR) is 98.4 cm³/mol. The van der Waals surface area contributed by atoms with Crippen LogP contribution in [0.1, 0.15) is 42.4 Å². The normalized spacial score (nSPS) is 11.4. The lowest BCUT2D eigenvalue weighted by Crippen LogP contribution is -2.13. The van der Waals surface area contributed by atoms with E-state index in [1.54, 1.807) is 30.3 Å². The highest BCUT2D eigenvalue weighted by Crippen LogP contribution is 2.28. The molecule has 0 aliphatic heterocycles. The van der Waals surface area contributed by atoms with Crippen molar-refractivity contribution in [2.75, 3.05) is 0 Å². The topological polar surface area (TPSA) is 44.1 Å². The van der Waals surface area contributed by atoms with E-state index in [1.807, 2.05) is 39.8 Å². The molecular formula is C21H21FN2O2. The summed E-state index contributed by atoms with van der Waals surface area (Å²) in [5, 5.41) is 4.53. The van der Waals surface area contributed by atoms with E-state index < -0.39 is 5.97 Å². The van der Waals surface area contributed by atoms with E-state index in [4.69, 9.17) is 4.74 Å². The van der Waals surface area contributed by atoms with Crippen molar-refractivity contribution in [1.82, 2.24) is 9.78 Å². The lowest BCUT2D eigenvalue weighted by atomic mass is 9.93. The number of benzene rings is 2. The Hall–Kier alpha value is -2.95. The fourth-order valence-corrected chi connectivity index (χ4v) is 2.44. The largest absolute Gasteiger partial charge is 0.404 e. The summed E-state index contributed by atoms with van der Waals surface area (Å²) >= 11 is 0. The molecule has 1 heterocycles. The van der Waals surface area contributed by atoms with Gasteiger partial charge in [0.05, 0.1) is 16.9 Å². The highest BCUT2D eigenvalue weighted by Gasteiger charge is 2.23. The van der Waals surface area contributed by atoms with Crippen molar-refractivity contribution < 1.29 is 13.9 Å². The number of rotatable bonds is 3. The van der Waals surface area contributed by atoms with Crippen molar-refractivity contribution in [3.05, 3.63) is 77.2 Å². The number of carbonyl (C=O) groups is 1. The van der Waals surface area contributed by atoms with Gasteiger partial charge in [-0.25, -0.2) is 13.9 Å². The molecule has 0 bridgehead atoms. The molecule has 26 heavy (non-hydrogen) atoms. The Morgan fingerprint density at radius 2 is 1.77 bits per heavy atom. The Labute approximate surface area is 152 Å². The third-order valence-corrected chi connectivity index (χ3v) is 3.98. The number of aromatic nitrogens is 2. The quantitative estimate of drug-likeness (QED) is 0.634. The van der Waals surface area contributed by atoms with E-state index in [9.17, 15) is 9.18 Å². The molecule has 0 aliphatic rings. The van der Waals surface area contributed by atoms with E-state index in [0.29, 0.717) is 11.3 Å². The molecule has 4 nitrogen and oxygen atoms in total. The van der Waals surface area contributed by atoms with Crippen LogP contribution in [0.25, 0.3) is 5.69 Å². The fourth-order valence-electron chi connectivity index (χ4n) is 2.44. The van der Waals surface area contributed by atoms with Crippen LogP contribution in [-0.4, -0.2) is 15.7 Å². The van der Waals surface area contributed by atoms with Gasteiger partial charge in [-0.15, -0.1) is 0 Å². The van der Waals surface area contributed by atoms with Crippen molar-refractivity contribution in [3.63, 3.8) is 0 Å². The van der Waals surface area contributed by atoms with Crippen LogP contribution in [0.5, 0.6) is 5.88 Å². The third-order valence-electron chi connectivity index (χ3n) is 3.98. The van der Waals surface area contributed by atoms with Crippen molar-refractivity contribution in [3.8, 4) is 11.6 Å². The summed E-state index contributed by atoms with van der Waals surface area (Å²) in [6.45, 7) is 7.98. The predicted octanol–water partition coefficient (Wildman–Crippen LogP) is 4.84. The number of carbonyl (C=O) groups excluding carboxylic acids is 1. The van der Waals surface area contributed by atoms with Gasteiger partial charge in [0.15, 0.2) is 0 Å². The van der Waals surface area contributed by atoms with Crippen LogP contribution in [-0.2, 0) is 5.41 Å². The maximum atomic E-state index is 13.6. The number of aryl methyl sites for hydroxylation is 1. The average Bonchev–Trinajstić information content (AvgIpc) is 2.99. The molecule has 0 aliphatic carbocycles. The maximum absolute atomic E-state index is 13.6. The van der Waals surface area contributed by atoms with E-state index in [0.717, 1.165) is 11.3 Å². The Kier molecular flexibility index (Phi) is 4.64. The summed E-state index contributed by atoms with van der Waals surface area (Å²) in [4.78, 5) is 12.5. The minimum atomic E-state index is -0.483. The lowest BCUT2D eigenvalue weighted by Gasteiger charge is -2.13. The molecule has 0 amide bonds. The van der Waals surface area contributed by atoms with Gasteiger partial charge >= 0.3 is 5.97 Å². The average molecular weight is 352 g/mol. The van der Waals surface area contributed by atoms with Crippen LogP contribution in [0.3, 0.4) is 0 Å². The third kappa shape index (κ3) is 3.82. The number of halogens is 1. The minimum absolute atomic E-state index is 0.246. The molecule has 0 fully saturated rings. The van der Waals surface area contributed by atoms with Crippen LogP contribution in [0, 0.1) is 12.7 Å². The fraction of sp³-hybridized carbons (Fsp3) is 0.238. The smallest absolute Gasteiger partial charge is 0.344 e. The monoisotopic (exact) mass is 352 g/mol. The van der Waals surface area contributed by atoms with Gasteiger partial charge in [-0.2, -0.15) is 5.10 Å². The second kappa shape index (κ2) is 6.75. The Morgan fingerprint density at radius 1 is 1.08 bits per heavy atom. The molecular weight excluding hydrogens is 331 g/mol. The van der Waals surface area contributed by atoms with Crippen molar-refractivity contribution in [1.29, 1.82) is 0 Å². The van der Waals surface area contributed by atoms with Gasteiger partial charge in [-0.3, -0.25) is 0 Å². The molecule has 0 saturated carbocycles. The Morgan fingerprint density at radius 3 is 2.38 bits per heavy atom. The molecule has 5 heteroatoms. The number of hydrogen-bond acceptors (Lipinski definition) is 3. The Balaban J connectivity index is 2.00. The molecule has 0 radical (unpaired) electrons. The highest BCUT2D eigenvalue weighted by molar-refractivity contribution is 5.91. The van der Waals surface area contributed by atoms with Crippen LogP contribution >= 0.6 is 0 Å². The van der Waals surface area contributed by atoms with Gasteiger partial charge in [-0.05, 0) is 37.3 Å². The van der Waals surface area contributed by atoms with E-state index in [2.05, 4.69) is 5.10 Å². The first-order valence-electron chi connectivity index (χ1n) is 8.39. The molecule has 3 aromatic rings. The van der Waals surface area contributed by atoms with Gasteiger partial charge in [0.2, 0.25) is 5.88 Å². The number of nitrogens with zero attached hydrogens (tertiary/aromatic N) is 2. The molecule has 0 unspecified atom stereocenters. The number of ether oxygens (including phenoxy) is 1. The highest BCUT2D eigenvalue weighted by atomic mass is 19.1.